The van der Waals surface area contributed by atoms with E-state index in [0.717, 1.165) is 29.2 Å². The highest BCUT2D eigenvalue weighted by Crippen LogP contribution is 2.40. The number of thiocarbonyl (C=S) groups is 1. The number of hydrogen-bond acceptors (Lipinski definition) is 10. The summed E-state index contributed by atoms with van der Waals surface area (Å²) >= 11 is 11.8. The number of rotatable bonds is 11. The molecule has 4 rings (SSSR count). The van der Waals surface area contributed by atoms with Crippen LogP contribution in [0.5, 0.6) is 5.75 Å². The highest BCUT2D eigenvalue weighted by molar-refractivity contribution is 8.14. The van der Waals surface area contributed by atoms with E-state index in [4.69, 9.17) is 33.3 Å². The van der Waals surface area contributed by atoms with Crippen molar-refractivity contribution in [3.63, 3.8) is 0 Å². The van der Waals surface area contributed by atoms with E-state index in [2.05, 4.69) is 0 Å². The number of β-lactam (4-membered cyclic amide) rings is 1. The minimum absolute atomic E-state index is 0.137. The number of nitro benzene ring substituents is 1. The molecule has 1 aliphatic rings. The van der Waals surface area contributed by atoms with Gasteiger partial charge in [0.15, 0.2) is 29.0 Å². The van der Waals surface area contributed by atoms with Crippen LogP contribution in [0.2, 0.25) is 0 Å². The van der Waals surface area contributed by atoms with Crippen molar-refractivity contribution in [2.24, 2.45) is 11.3 Å². The number of nitrogens with zero attached hydrogens (tertiary/aromatic N) is 2. The second-order valence-electron chi connectivity index (χ2n) is 12.0. The number of aliphatic hydroxyl groups is 1. The van der Waals surface area contributed by atoms with Crippen molar-refractivity contribution in [1.29, 1.82) is 0 Å². The van der Waals surface area contributed by atoms with Gasteiger partial charge in [0, 0.05) is 23.1 Å². The molecule has 0 aliphatic carbocycles. The number of ketones is 1. The van der Waals surface area contributed by atoms with Crippen molar-refractivity contribution in [2.45, 2.75) is 50.8 Å². The van der Waals surface area contributed by atoms with E-state index < -0.39 is 89.5 Å². The first kappa shape index (κ1) is 39.3. The molecule has 0 radical (unpaired) electrons. The number of hydrogen-bond donors (Lipinski definition) is 1. The Labute approximate surface area is 301 Å². The zero-order valence-electron chi connectivity index (χ0n) is 26.8. The lowest BCUT2D eigenvalue weighted by Crippen LogP contribution is -2.62. The number of carbonyl (C=O) groups is 3. The van der Waals surface area contributed by atoms with Gasteiger partial charge in [-0.3, -0.25) is 29.4 Å². The van der Waals surface area contributed by atoms with E-state index in [0.29, 0.717) is 5.56 Å². The quantitative estimate of drug-likeness (QED) is 0.0171. The first-order chi connectivity index (χ1) is 23.8. The third-order valence-corrected chi connectivity index (χ3v) is 9.07. The van der Waals surface area contributed by atoms with Crippen molar-refractivity contribution in [2.75, 3.05) is 0 Å². The van der Waals surface area contributed by atoms with E-state index in [-0.39, 0.29) is 41.1 Å². The lowest BCUT2D eigenvalue weighted by Gasteiger charge is -2.46. The van der Waals surface area contributed by atoms with Gasteiger partial charge in [-0.1, -0.05) is 32.4 Å². The lowest BCUT2D eigenvalue weighted by molar-refractivity contribution is -0.384. The van der Waals surface area contributed by atoms with Gasteiger partial charge in [-0.05, 0) is 72.9 Å². The van der Waals surface area contributed by atoms with Crippen molar-refractivity contribution in [1.82, 2.24) is 4.90 Å². The SMILES string of the molecule is C[C@@H](O)[C@H]1C(=O)N(C(C(=S)OCc2ccc([N+](=O)[O-])cc2)=C(Oc2ccc(C(=O)Sc3c(F)c(F)c(F)c(F)c3F)cc2)C(=O)C(C)(C)C)[C@H]1Cl. The summed E-state index contributed by atoms with van der Waals surface area (Å²) in [7, 11) is 0. The Morgan fingerprint density at radius 1 is 1.00 bits per heavy atom. The van der Waals surface area contributed by atoms with Gasteiger partial charge in [0.05, 0.1) is 21.8 Å². The van der Waals surface area contributed by atoms with Gasteiger partial charge in [0.25, 0.3) is 5.69 Å². The van der Waals surface area contributed by atoms with Crippen LogP contribution in [0.3, 0.4) is 0 Å². The van der Waals surface area contributed by atoms with Crippen LogP contribution in [-0.2, 0) is 20.9 Å². The molecule has 270 valence electrons. The number of carbonyl (C=O) groups excluding carboxylic acids is 3. The van der Waals surface area contributed by atoms with Gasteiger partial charge in [-0.15, -0.1) is 0 Å². The van der Waals surface area contributed by atoms with Gasteiger partial charge in [0.2, 0.25) is 27.7 Å². The summed E-state index contributed by atoms with van der Waals surface area (Å²) in [4.78, 5) is 49.9. The van der Waals surface area contributed by atoms with Crippen LogP contribution < -0.4 is 4.74 Å². The van der Waals surface area contributed by atoms with Crippen LogP contribution in [0, 0.1) is 50.5 Å². The number of aliphatic hydroxyl groups excluding tert-OH is 1. The van der Waals surface area contributed by atoms with Gasteiger partial charge in [-0.2, -0.15) is 0 Å². The number of amides is 1. The summed E-state index contributed by atoms with van der Waals surface area (Å²) < 4.78 is 80.8. The standard InChI is InChI=1S/C33H26ClF5N2O8S2/c1-14(42)19-29(34)40(30(19)44)25(32(50)48-13-15-5-9-17(10-6-15)41(46)47)26(28(43)33(2,3)4)49-18-11-7-16(8-12-18)31(45)51-27-23(38)21(36)20(35)22(37)24(27)39/h5-12,14,19,29,42H,13H2,1-4H3/t14-,19-,29-/m1/s1. The third-order valence-electron chi connectivity index (χ3n) is 7.31. The summed E-state index contributed by atoms with van der Waals surface area (Å²) in [6.07, 6.45) is -1.19. The van der Waals surface area contributed by atoms with E-state index in [1.54, 1.807) is 0 Å². The fourth-order valence-corrected chi connectivity index (χ4v) is 6.09. The number of ether oxygens (including phenoxy) is 2. The Bertz CT molecular complexity index is 1930. The number of benzene rings is 3. The van der Waals surface area contributed by atoms with Crippen LogP contribution >= 0.6 is 35.6 Å². The number of allylic oxidation sites excluding steroid dienone is 1. The van der Waals surface area contributed by atoms with E-state index >= 15 is 0 Å². The zero-order valence-corrected chi connectivity index (χ0v) is 29.2. The lowest BCUT2D eigenvalue weighted by atomic mass is 9.87. The average molecular weight is 773 g/mol. The molecule has 1 aliphatic heterocycles. The molecular weight excluding hydrogens is 747 g/mol. The number of Topliss-reactive ketones (excluding diaryl/α,β-unsaturated/α-hetero) is 1. The van der Waals surface area contributed by atoms with Crippen LogP contribution in [0.15, 0.2) is 64.9 Å². The van der Waals surface area contributed by atoms with Crippen LogP contribution in [0.4, 0.5) is 27.6 Å². The minimum atomic E-state index is -2.38. The normalized spacial score (nSPS) is 16.9. The maximum atomic E-state index is 14.2. The number of halogens is 6. The van der Waals surface area contributed by atoms with Gasteiger partial charge in [-0.25, -0.2) is 22.0 Å². The van der Waals surface area contributed by atoms with Crippen LogP contribution in [0.1, 0.15) is 43.6 Å². The molecule has 0 aromatic heterocycles. The number of alkyl halides is 1. The Kier molecular flexibility index (Phi) is 11.9. The Hall–Kier alpha value is -4.45. The largest absolute Gasteiger partial charge is 0.477 e. The number of thioether (sulfide) groups is 1. The minimum Gasteiger partial charge on any atom is -0.477 e. The number of likely N-dealkylation sites (tertiary alicyclic amines) is 1. The summed E-state index contributed by atoms with van der Waals surface area (Å²) in [5, 5.41) is 19.6. The maximum Gasteiger partial charge on any atom is 0.269 e. The molecule has 0 saturated carbocycles. The Morgan fingerprint density at radius 2 is 1.53 bits per heavy atom. The molecule has 1 fully saturated rings. The van der Waals surface area contributed by atoms with Gasteiger partial charge in [0.1, 0.15) is 23.6 Å². The second-order valence-corrected chi connectivity index (χ2v) is 13.8. The van der Waals surface area contributed by atoms with Crippen molar-refractivity contribution in [3.05, 3.63) is 110 Å². The molecule has 0 spiro atoms. The van der Waals surface area contributed by atoms with Crippen LogP contribution in [0.25, 0.3) is 0 Å². The summed E-state index contributed by atoms with van der Waals surface area (Å²) in [5.41, 5.74) is -2.80. The number of non-ortho nitro benzene ring substituents is 1. The van der Waals surface area contributed by atoms with Crippen LogP contribution in [-0.4, -0.2) is 48.4 Å². The summed E-state index contributed by atoms with van der Waals surface area (Å²) in [5.74, 6) is -14.4. The molecule has 10 nitrogen and oxygen atoms in total. The molecule has 1 N–H and O–H groups in total. The monoisotopic (exact) mass is 772 g/mol. The first-order valence-electron chi connectivity index (χ1n) is 14.6. The average Bonchev–Trinajstić information content (AvgIpc) is 3.08. The highest BCUT2D eigenvalue weighted by Gasteiger charge is 2.53. The first-order valence-corrected chi connectivity index (χ1v) is 16.3. The van der Waals surface area contributed by atoms with Gasteiger partial charge >= 0.3 is 0 Å². The predicted octanol–water partition coefficient (Wildman–Crippen LogP) is 7.38. The molecule has 3 atom stereocenters. The molecule has 0 unspecified atom stereocenters. The highest BCUT2D eigenvalue weighted by atomic mass is 35.5. The molecule has 0 bridgehead atoms. The molecule has 3 aromatic rings. The van der Waals surface area contributed by atoms with E-state index in [9.17, 15) is 51.6 Å². The fourth-order valence-electron chi connectivity index (χ4n) is 4.53. The molecule has 3 aromatic carbocycles. The molecule has 18 heteroatoms. The third kappa shape index (κ3) is 8.21. The second kappa shape index (κ2) is 15.4. The maximum absolute atomic E-state index is 14.2. The number of nitro groups is 1. The van der Waals surface area contributed by atoms with E-state index in [1.165, 1.54) is 52.0 Å². The molecule has 1 amide bonds. The van der Waals surface area contributed by atoms with Crippen molar-refractivity contribution >= 4 is 63.1 Å². The molecular formula is C33H26ClF5N2O8S2. The molecule has 1 heterocycles. The molecule has 1 saturated heterocycles. The Balaban J connectivity index is 1.71. The smallest absolute Gasteiger partial charge is 0.269 e. The van der Waals surface area contributed by atoms with E-state index in [1.807, 2.05) is 0 Å². The van der Waals surface area contributed by atoms with Crippen molar-refractivity contribution in [3.8, 4) is 5.75 Å². The Morgan fingerprint density at radius 3 is 2.00 bits per heavy atom. The summed E-state index contributed by atoms with van der Waals surface area (Å²) in [6.45, 7) is 5.66. The summed E-state index contributed by atoms with van der Waals surface area (Å²) in [6, 6.07) is 9.73. The van der Waals surface area contributed by atoms with Crippen molar-refractivity contribution < 1.29 is 55.8 Å². The predicted molar refractivity (Wildman–Crippen MR) is 177 cm³/mol. The molecule has 51 heavy (non-hydrogen) atoms. The zero-order chi connectivity index (χ0) is 38.1. The van der Waals surface area contributed by atoms with Gasteiger partial charge < -0.3 is 14.6 Å². The fraction of sp³-hybridized carbons (Fsp3) is 0.273. The topological polar surface area (TPSA) is 136 Å².